The van der Waals surface area contributed by atoms with Crippen molar-refractivity contribution in [2.24, 2.45) is 0 Å². The third-order valence-electron chi connectivity index (χ3n) is 5.02. The Bertz CT molecular complexity index is 661. The van der Waals surface area contributed by atoms with E-state index >= 15 is 0 Å². The number of rotatable bonds is 2. The maximum absolute atomic E-state index is 3.18. The number of fused-ring (bicyclic) bond motifs is 2. The third kappa shape index (κ3) is 3.87. The van der Waals surface area contributed by atoms with Crippen LogP contribution in [0.3, 0.4) is 0 Å². The van der Waals surface area contributed by atoms with Gasteiger partial charge < -0.3 is 10.6 Å². The van der Waals surface area contributed by atoms with Crippen molar-refractivity contribution in [1.82, 2.24) is 0 Å². The van der Waals surface area contributed by atoms with E-state index in [1.165, 1.54) is 61.9 Å². The van der Waals surface area contributed by atoms with Gasteiger partial charge in [-0.2, -0.15) is 0 Å². The molecule has 2 aromatic rings. The average molecular weight is 308 g/mol. The molecule has 0 aliphatic heterocycles. The molecule has 0 amide bonds. The predicted octanol–water partition coefficient (Wildman–Crippen LogP) is 4.82. The topological polar surface area (TPSA) is 24.1 Å². The summed E-state index contributed by atoms with van der Waals surface area (Å²) in [6.07, 6.45) is 9.16. The summed E-state index contributed by atoms with van der Waals surface area (Å²) in [4.78, 5) is 0. The van der Waals surface area contributed by atoms with Crippen molar-refractivity contribution >= 4 is 11.4 Å². The fourth-order valence-electron chi connectivity index (χ4n) is 3.62. The van der Waals surface area contributed by atoms with Crippen LogP contribution in [0.25, 0.3) is 0 Å². The summed E-state index contributed by atoms with van der Waals surface area (Å²) in [5.41, 5.74) is 8.68. The van der Waals surface area contributed by atoms with Gasteiger partial charge in [0.25, 0.3) is 0 Å². The highest BCUT2D eigenvalue weighted by Gasteiger charge is 2.10. The first-order chi connectivity index (χ1) is 11.3. The zero-order valence-corrected chi connectivity index (χ0v) is 14.4. The standard InChI is InChI=1S/C11H15N.C10H13N/c1-12-11-7-6-9-4-2-3-5-10(9)8-11;1-11-10-6-5-8-3-2-4-9(8)7-10/h6-8,12H,2-5H2,1H3;5-7,11H,2-4H2,1H3. The number of hydrogen-bond donors (Lipinski definition) is 2. The first-order valence-electron chi connectivity index (χ1n) is 8.89. The van der Waals surface area contributed by atoms with Crippen molar-refractivity contribution < 1.29 is 0 Å². The number of anilines is 2. The van der Waals surface area contributed by atoms with Crippen LogP contribution in [0.15, 0.2) is 36.4 Å². The van der Waals surface area contributed by atoms with Crippen LogP contribution >= 0.6 is 0 Å². The average Bonchev–Trinajstić information content (AvgIpc) is 3.09. The van der Waals surface area contributed by atoms with Crippen molar-refractivity contribution in [2.45, 2.75) is 44.9 Å². The van der Waals surface area contributed by atoms with E-state index in [9.17, 15) is 0 Å². The molecule has 4 rings (SSSR count). The second-order valence-electron chi connectivity index (χ2n) is 6.53. The van der Waals surface area contributed by atoms with Crippen LogP contribution in [0, 0.1) is 0 Å². The number of hydrogen-bond acceptors (Lipinski definition) is 2. The predicted molar refractivity (Wildman–Crippen MR) is 101 cm³/mol. The molecule has 0 radical (unpaired) electrons. The lowest BCUT2D eigenvalue weighted by atomic mass is 9.91. The molecule has 2 heteroatoms. The Labute approximate surface area is 140 Å². The molecule has 2 aliphatic carbocycles. The Morgan fingerprint density at radius 3 is 1.52 bits per heavy atom. The van der Waals surface area contributed by atoms with Crippen LogP contribution in [0.4, 0.5) is 11.4 Å². The van der Waals surface area contributed by atoms with Crippen molar-refractivity contribution in [3.8, 4) is 0 Å². The Morgan fingerprint density at radius 1 is 0.565 bits per heavy atom. The molecule has 2 N–H and O–H groups in total. The summed E-state index contributed by atoms with van der Waals surface area (Å²) in [5, 5.41) is 6.33. The fourth-order valence-corrected chi connectivity index (χ4v) is 3.62. The summed E-state index contributed by atoms with van der Waals surface area (Å²) in [5.74, 6) is 0. The Morgan fingerprint density at radius 2 is 1.00 bits per heavy atom. The number of aryl methyl sites for hydroxylation is 4. The smallest absolute Gasteiger partial charge is 0.0340 e. The van der Waals surface area contributed by atoms with Gasteiger partial charge in [0.1, 0.15) is 0 Å². The highest BCUT2D eigenvalue weighted by molar-refractivity contribution is 5.50. The molecule has 0 saturated carbocycles. The lowest BCUT2D eigenvalue weighted by molar-refractivity contribution is 0.686. The van der Waals surface area contributed by atoms with E-state index in [2.05, 4.69) is 47.0 Å². The molecule has 0 spiro atoms. The molecule has 0 heterocycles. The van der Waals surface area contributed by atoms with Crippen LogP contribution < -0.4 is 10.6 Å². The van der Waals surface area contributed by atoms with E-state index < -0.39 is 0 Å². The second-order valence-corrected chi connectivity index (χ2v) is 6.53. The lowest BCUT2D eigenvalue weighted by Crippen LogP contribution is -2.02. The highest BCUT2D eigenvalue weighted by atomic mass is 14.8. The molecule has 122 valence electrons. The minimum absolute atomic E-state index is 1.24. The molecule has 0 saturated heterocycles. The zero-order chi connectivity index (χ0) is 16.1. The lowest BCUT2D eigenvalue weighted by Gasteiger charge is -2.16. The van der Waals surface area contributed by atoms with Crippen LogP contribution in [0.2, 0.25) is 0 Å². The van der Waals surface area contributed by atoms with E-state index in [-0.39, 0.29) is 0 Å². The summed E-state index contributed by atoms with van der Waals surface area (Å²) >= 11 is 0. The normalized spacial score (nSPS) is 15.0. The Balaban J connectivity index is 0.000000136. The minimum Gasteiger partial charge on any atom is -0.388 e. The van der Waals surface area contributed by atoms with Gasteiger partial charge in [0.15, 0.2) is 0 Å². The second kappa shape index (κ2) is 7.54. The van der Waals surface area contributed by atoms with E-state index in [0.29, 0.717) is 0 Å². The van der Waals surface area contributed by atoms with E-state index in [0.717, 1.165) is 0 Å². The van der Waals surface area contributed by atoms with Gasteiger partial charge in [-0.1, -0.05) is 12.1 Å². The largest absolute Gasteiger partial charge is 0.388 e. The maximum atomic E-state index is 3.18. The highest BCUT2D eigenvalue weighted by Crippen LogP contribution is 2.25. The molecular formula is C21H28N2. The summed E-state index contributed by atoms with van der Waals surface area (Å²) in [6.45, 7) is 0. The molecule has 23 heavy (non-hydrogen) atoms. The number of nitrogens with one attached hydrogen (secondary N) is 2. The van der Waals surface area contributed by atoms with Crippen LogP contribution in [0.1, 0.15) is 41.5 Å². The third-order valence-corrected chi connectivity index (χ3v) is 5.02. The molecular weight excluding hydrogens is 280 g/mol. The monoisotopic (exact) mass is 308 g/mol. The van der Waals surface area contributed by atoms with Crippen LogP contribution in [-0.2, 0) is 25.7 Å². The van der Waals surface area contributed by atoms with Gasteiger partial charge in [0.05, 0.1) is 0 Å². The van der Waals surface area contributed by atoms with Gasteiger partial charge in [-0.05, 0) is 91.5 Å². The first kappa shape index (κ1) is 15.9. The molecule has 0 unspecified atom stereocenters. The molecule has 2 aromatic carbocycles. The van der Waals surface area contributed by atoms with Crippen LogP contribution in [-0.4, -0.2) is 14.1 Å². The Kier molecular flexibility index (Phi) is 5.22. The maximum Gasteiger partial charge on any atom is 0.0340 e. The van der Waals surface area contributed by atoms with Crippen LogP contribution in [0.5, 0.6) is 0 Å². The van der Waals surface area contributed by atoms with Crippen molar-refractivity contribution in [3.05, 3.63) is 58.7 Å². The quantitative estimate of drug-likeness (QED) is 0.831. The van der Waals surface area contributed by atoms with Crippen molar-refractivity contribution in [1.29, 1.82) is 0 Å². The van der Waals surface area contributed by atoms with Crippen molar-refractivity contribution in [3.63, 3.8) is 0 Å². The first-order valence-corrected chi connectivity index (χ1v) is 8.89. The van der Waals surface area contributed by atoms with Gasteiger partial charge in [-0.15, -0.1) is 0 Å². The fraction of sp³-hybridized carbons (Fsp3) is 0.429. The van der Waals surface area contributed by atoms with Crippen molar-refractivity contribution in [2.75, 3.05) is 24.7 Å². The SMILES string of the molecule is CNc1ccc2c(c1)CCC2.CNc1ccc2c(c1)CCCC2. The van der Waals surface area contributed by atoms with E-state index in [1.807, 2.05) is 14.1 Å². The summed E-state index contributed by atoms with van der Waals surface area (Å²) < 4.78 is 0. The van der Waals surface area contributed by atoms with E-state index in [4.69, 9.17) is 0 Å². The van der Waals surface area contributed by atoms with Gasteiger partial charge >= 0.3 is 0 Å². The Hall–Kier alpha value is -1.96. The molecule has 0 aromatic heterocycles. The van der Waals surface area contributed by atoms with Gasteiger partial charge in [-0.25, -0.2) is 0 Å². The van der Waals surface area contributed by atoms with Gasteiger partial charge in [0, 0.05) is 25.5 Å². The summed E-state index contributed by atoms with van der Waals surface area (Å²) in [7, 11) is 3.95. The molecule has 0 fully saturated rings. The van der Waals surface area contributed by atoms with E-state index in [1.54, 1.807) is 16.7 Å². The molecule has 2 nitrogen and oxygen atoms in total. The number of benzene rings is 2. The molecule has 0 bridgehead atoms. The zero-order valence-electron chi connectivity index (χ0n) is 14.4. The molecule has 2 aliphatic rings. The van der Waals surface area contributed by atoms with Gasteiger partial charge in [-0.3, -0.25) is 0 Å². The molecule has 0 atom stereocenters. The minimum atomic E-state index is 1.24. The van der Waals surface area contributed by atoms with Gasteiger partial charge in [0.2, 0.25) is 0 Å². The summed E-state index contributed by atoms with van der Waals surface area (Å²) in [6, 6.07) is 13.4.